The van der Waals surface area contributed by atoms with E-state index in [0.717, 1.165) is 11.3 Å². The summed E-state index contributed by atoms with van der Waals surface area (Å²) in [6.45, 7) is 1.52. The van der Waals surface area contributed by atoms with Gasteiger partial charge in [-0.3, -0.25) is 4.79 Å². The standard InChI is InChI=1S/C8H8ClNO3S/c1-4(9)7(11)10-5-2-3-14-6(5)8(12)13/h2-4H,1H3,(H,10,11)(H,12,13). The molecule has 0 radical (unpaired) electrons. The molecule has 14 heavy (non-hydrogen) atoms. The average molecular weight is 234 g/mol. The van der Waals surface area contributed by atoms with Crippen LogP contribution in [-0.2, 0) is 4.79 Å². The van der Waals surface area contributed by atoms with E-state index in [1.165, 1.54) is 13.0 Å². The zero-order valence-corrected chi connectivity index (χ0v) is 8.85. The van der Waals surface area contributed by atoms with Crippen LogP contribution in [0.2, 0.25) is 0 Å². The van der Waals surface area contributed by atoms with Crippen LogP contribution in [0.4, 0.5) is 5.69 Å². The zero-order valence-electron chi connectivity index (χ0n) is 7.28. The molecule has 76 valence electrons. The summed E-state index contributed by atoms with van der Waals surface area (Å²) in [6, 6.07) is 1.53. The SMILES string of the molecule is CC(Cl)C(=O)Nc1ccsc1C(=O)O. The van der Waals surface area contributed by atoms with E-state index >= 15 is 0 Å². The number of alkyl halides is 1. The molecule has 0 fully saturated rings. The lowest BCUT2D eigenvalue weighted by molar-refractivity contribution is -0.115. The van der Waals surface area contributed by atoms with Gasteiger partial charge in [-0.05, 0) is 18.4 Å². The van der Waals surface area contributed by atoms with Gasteiger partial charge in [0, 0.05) is 0 Å². The summed E-state index contributed by atoms with van der Waals surface area (Å²) in [6.07, 6.45) is 0. The van der Waals surface area contributed by atoms with Crippen molar-refractivity contribution in [2.75, 3.05) is 5.32 Å². The summed E-state index contributed by atoms with van der Waals surface area (Å²) in [4.78, 5) is 21.9. The third kappa shape index (κ3) is 2.46. The number of anilines is 1. The number of halogens is 1. The predicted octanol–water partition coefficient (Wildman–Crippen LogP) is 2.01. The summed E-state index contributed by atoms with van der Waals surface area (Å²) in [5.74, 6) is -1.47. The van der Waals surface area contributed by atoms with Crippen LogP contribution in [0.1, 0.15) is 16.6 Å². The molecule has 0 saturated carbocycles. The molecule has 0 bridgehead atoms. The minimum Gasteiger partial charge on any atom is -0.477 e. The maximum Gasteiger partial charge on any atom is 0.348 e. The number of rotatable bonds is 3. The number of hydrogen-bond donors (Lipinski definition) is 2. The van der Waals surface area contributed by atoms with Crippen molar-refractivity contribution in [2.24, 2.45) is 0 Å². The van der Waals surface area contributed by atoms with Crippen LogP contribution in [0.25, 0.3) is 0 Å². The Morgan fingerprint density at radius 2 is 2.29 bits per heavy atom. The molecule has 1 aromatic rings. The van der Waals surface area contributed by atoms with Gasteiger partial charge in [0.25, 0.3) is 0 Å². The van der Waals surface area contributed by atoms with E-state index in [9.17, 15) is 9.59 Å². The molecule has 0 aliphatic carbocycles. The van der Waals surface area contributed by atoms with Gasteiger partial charge in [-0.1, -0.05) is 0 Å². The quantitative estimate of drug-likeness (QED) is 0.785. The molecule has 2 N–H and O–H groups in total. The average Bonchev–Trinajstić information content (AvgIpc) is 2.52. The number of carbonyl (C=O) groups excluding carboxylic acids is 1. The van der Waals surface area contributed by atoms with Crippen LogP contribution >= 0.6 is 22.9 Å². The van der Waals surface area contributed by atoms with Gasteiger partial charge in [0.2, 0.25) is 5.91 Å². The topological polar surface area (TPSA) is 66.4 Å². The second-order valence-electron chi connectivity index (χ2n) is 2.57. The van der Waals surface area contributed by atoms with Crippen molar-refractivity contribution in [3.8, 4) is 0 Å². The highest BCUT2D eigenvalue weighted by molar-refractivity contribution is 7.12. The van der Waals surface area contributed by atoms with Crippen molar-refractivity contribution in [1.29, 1.82) is 0 Å². The highest BCUT2D eigenvalue weighted by atomic mass is 35.5. The normalized spacial score (nSPS) is 12.1. The van der Waals surface area contributed by atoms with E-state index in [4.69, 9.17) is 16.7 Å². The van der Waals surface area contributed by atoms with E-state index < -0.39 is 17.3 Å². The monoisotopic (exact) mass is 233 g/mol. The molecule has 0 aromatic carbocycles. The van der Waals surface area contributed by atoms with Crippen LogP contribution in [0.5, 0.6) is 0 Å². The minimum absolute atomic E-state index is 0.107. The second kappa shape index (κ2) is 4.43. The summed E-state index contributed by atoms with van der Waals surface area (Å²) in [5.41, 5.74) is 0.292. The Kier molecular flexibility index (Phi) is 3.49. The smallest absolute Gasteiger partial charge is 0.348 e. The third-order valence-electron chi connectivity index (χ3n) is 1.48. The maximum absolute atomic E-state index is 11.2. The lowest BCUT2D eigenvalue weighted by atomic mass is 10.3. The van der Waals surface area contributed by atoms with Crippen molar-refractivity contribution in [2.45, 2.75) is 12.3 Å². The fourth-order valence-corrected chi connectivity index (χ4v) is 1.55. The van der Waals surface area contributed by atoms with E-state index in [1.54, 1.807) is 5.38 Å². The number of nitrogens with one attached hydrogen (secondary N) is 1. The number of hydrogen-bond acceptors (Lipinski definition) is 3. The Labute approximate surface area is 89.5 Å². The van der Waals surface area contributed by atoms with E-state index in [0.29, 0.717) is 5.69 Å². The van der Waals surface area contributed by atoms with Crippen LogP contribution in [0.3, 0.4) is 0 Å². The van der Waals surface area contributed by atoms with Crippen LogP contribution < -0.4 is 5.32 Å². The number of carboxylic acids is 1. The second-order valence-corrected chi connectivity index (χ2v) is 4.14. The molecule has 1 heterocycles. The molecule has 1 unspecified atom stereocenters. The third-order valence-corrected chi connectivity index (χ3v) is 2.58. The van der Waals surface area contributed by atoms with Crippen LogP contribution in [0, 0.1) is 0 Å². The Morgan fingerprint density at radius 3 is 2.79 bits per heavy atom. The lowest BCUT2D eigenvalue weighted by Gasteiger charge is -2.04. The molecule has 1 amide bonds. The van der Waals surface area contributed by atoms with E-state index in [2.05, 4.69) is 5.32 Å². The van der Waals surface area contributed by atoms with Gasteiger partial charge in [0.15, 0.2) is 0 Å². The van der Waals surface area contributed by atoms with Gasteiger partial charge in [-0.15, -0.1) is 22.9 Å². The molecule has 0 aliphatic heterocycles. The molecule has 1 aromatic heterocycles. The summed E-state index contributed by atoms with van der Waals surface area (Å²) in [7, 11) is 0. The van der Waals surface area contributed by atoms with Crippen LogP contribution in [-0.4, -0.2) is 22.4 Å². The molecule has 1 rings (SSSR count). The Hall–Kier alpha value is -1.07. The van der Waals surface area contributed by atoms with E-state index in [-0.39, 0.29) is 4.88 Å². The number of thiophene rings is 1. The van der Waals surface area contributed by atoms with Gasteiger partial charge in [-0.25, -0.2) is 4.79 Å². The van der Waals surface area contributed by atoms with Gasteiger partial charge in [-0.2, -0.15) is 0 Å². The van der Waals surface area contributed by atoms with Gasteiger partial charge in [0.05, 0.1) is 5.69 Å². The fraction of sp³-hybridized carbons (Fsp3) is 0.250. The minimum atomic E-state index is -1.06. The first-order valence-electron chi connectivity index (χ1n) is 3.78. The first-order valence-corrected chi connectivity index (χ1v) is 5.09. The molecule has 0 saturated heterocycles. The molecule has 0 spiro atoms. The van der Waals surface area contributed by atoms with Crippen LogP contribution in [0.15, 0.2) is 11.4 Å². The number of amides is 1. The van der Waals surface area contributed by atoms with Crippen molar-refractivity contribution in [3.05, 3.63) is 16.3 Å². The van der Waals surface area contributed by atoms with E-state index in [1.807, 2.05) is 0 Å². The van der Waals surface area contributed by atoms with Crippen molar-refractivity contribution < 1.29 is 14.7 Å². The van der Waals surface area contributed by atoms with Gasteiger partial charge < -0.3 is 10.4 Å². The highest BCUT2D eigenvalue weighted by Crippen LogP contribution is 2.22. The van der Waals surface area contributed by atoms with Gasteiger partial charge >= 0.3 is 5.97 Å². The summed E-state index contributed by atoms with van der Waals surface area (Å²) < 4.78 is 0. The van der Waals surface area contributed by atoms with Crippen molar-refractivity contribution >= 4 is 40.5 Å². The summed E-state index contributed by atoms with van der Waals surface area (Å²) in [5, 5.41) is 12.1. The number of carboxylic acid groups (broad SMARTS) is 1. The fourth-order valence-electron chi connectivity index (χ4n) is 0.805. The zero-order chi connectivity index (χ0) is 10.7. The molecular formula is C8H8ClNO3S. The number of aromatic carboxylic acids is 1. The molecule has 0 aliphatic rings. The first-order chi connectivity index (χ1) is 6.52. The maximum atomic E-state index is 11.2. The Balaban J connectivity index is 2.82. The predicted molar refractivity (Wildman–Crippen MR) is 55.2 cm³/mol. The van der Waals surface area contributed by atoms with Gasteiger partial charge in [0.1, 0.15) is 10.3 Å². The Bertz CT molecular complexity index is 361. The van der Waals surface area contributed by atoms with Crippen molar-refractivity contribution in [1.82, 2.24) is 0 Å². The molecular weight excluding hydrogens is 226 g/mol. The summed E-state index contributed by atoms with van der Waals surface area (Å²) >= 11 is 6.57. The Morgan fingerprint density at radius 1 is 1.64 bits per heavy atom. The first kappa shape index (κ1) is 11.0. The largest absolute Gasteiger partial charge is 0.477 e. The molecule has 6 heteroatoms. The lowest BCUT2D eigenvalue weighted by Crippen LogP contribution is -2.21. The molecule has 4 nitrogen and oxygen atoms in total. The number of carbonyl (C=O) groups is 2. The molecule has 1 atom stereocenters. The highest BCUT2D eigenvalue weighted by Gasteiger charge is 2.16. The van der Waals surface area contributed by atoms with Crippen molar-refractivity contribution in [3.63, 3.8) is 0 Å².